The van der Waals surface area contributed by atoms with Gasteiger partial charge in [0.1, 0.15) is 17.6 Å². The van der Waals surface area contributed by atoms with Gasteiger partial charge in [0.25, 0.3) is 0 Å². The molecule has 172 valence electrons. The van der Waals surface area contributed by atoms with E-state index in [1.165, 1.54) is 7.11 Å². The molecule has 0 saturated carbocycles. The predicted octanol–water partition coefficient (Wildman–Crippen LogP) is 4.05. The minimum absolute atomic E-state index is 0.126. The van der Waals surface area contributed by atoms with Crippen LogP contribution in [0, 0.1) is 0 Å². The average Bonchev–Trinajstić information content (AvgIpc) is 3.44. The van der Waals surface area contributed by atoms with Gasteiger partial charge in [0, 0.05) is 18.3 Å². The van der Waals surface area contributed by atoms with Gasteiger partial charge in [-0.1, -0.05) is 18.2 Å². The highest BCUT2D eigenvalue weighted by Gasteiger charge is 2.41. The van der Waals surface area contributed by atoms with E-state index in [9.17, 15) is 4.79 Å². The average molecular weight is 465 g/mol. The number of hydrogen-bond acceptors (Lipinski definition) is 6. The molecule has 1 N–H and O–H groups in total. The maximum absolute atomic E-state index is 11.9. The number of nitrogens with one attached hydrogen (secondary N) is 1. The van der Waals surface area contributed by atoms with E-state index < -0.39 is 0 Å². The SMILES string of the molecule is COC(=O)c1cccc(-c2ccc(C3C(c4ccccn4)NC(=S)N3CCCN(C)C)o2)c1. The Morgan fingerprint density at radius 2 is 2.06 bits per heavy atom. The Balaban J connectivity index is 1.66. The first kappa shape index (κ1) is 22.9. The third-order valence-electron chi connectivity index (χ3n) is 5.69. The van der Waals surface area contributed by atoms with Crippen LogP contribution in [-0.2, 0) is 4.74 Å². The van der Waals surface area contributed by atoms with Crippen LogP contribution in [0.25, 0.3) is 11.3 Å². The molecule has 1 aliphatic rings. The highest BCUT2D eigenvalue weighted by Crippen LogP contribution is 2.40. The Labute approximate surface area is 199 Å². The van der Waals surface area contributed by atoms with Gasteiger partial charge >= 0.3 is 5.97 Å². The van der Waals surface area contributed by atoms with Crippen LogP contribution in [0.15, 0.2) is 65.2 Å². The molecule has 0 radical (unpaired) electrons. The monoisotopic (exact) mass is 464 g/mol. The van der Waals surface area contributed by atoms with Crippen molar-refractivity contribution in [1.29, 1.82) is 0 Å². The van der Waals surface area contributed by atoms with Crippen LogP contribution in [0.4, 0.5) is 0 Å². The summed E-state index contributed by atoms with van der Waals surface area (Å²) in [4.78, 5) is 20.9. The minimum atomic E-state index is -0.378. The van der Waals surface area contributed by atoms with Gasteiger partial charge in [-0.15, -0.1) is 0 Å². The Hall–Kier alpha value is -3.23. The summed E-state index contributed by atoms with van der Waals surface area (Å²) in [6, 6.07) is 16.8. The molecule has 2 unspecified atom stereocenters. The third kappa shape index (κ3) is 5.07. The molecule has 0 aliphatic carbocycles. The van der Waals surface area contributed by atoms with Crippen molar-refractivity contribution in [2.75, 3.05) is 34.3 Å². The van der Waals surface area contributed by atoms with Crippen molar-refractivity contribution in [2.45, 2.75) is 18.5 Å². The summed E-state index contributed by atoms with van der Waals surface area (Å²) in [7, 11) is 5.50. The van der Waals surface area contributed by atoms with E-state index in [1.54, 1.807) is 18.3 Å². The fourth-order valence-electron chi connectivity index (χ4n) is 4.10. The van der Waals surface area contributed by atoms with Crippen molar-refractivity contribution in [3.63, 3.8) is 0 Å². The molecule has 1 saturated heterocycles. The molecule has 1 fully saturated rings. The number of carbonyl (C=O) groups excluding carboxylic acids is 1. The molecule has 1 aliphatic heterocycles. The van der Waals surface area contributed by atoms with Crippen LogP contribution >= 0.6 is 12.2 Å². The number of rotatable bonds is 8. The topological polar surface area (TPSA) is 70.8 Å². The van der Waals surface area contributed by atoms with Gasteiger partial charge in [-0.3, -0.25) is 4.98 Å². The summed E-state index contributed by atoms with van der Waals surface area (Å²) < 4.78 is 11.2. The maximum Gasteiger partial charge on any atom is 0.337 e. The van der Waals surface area contributed by atoms with Gasteiger partial charge in [-0.25, -0.2) is 4.79 Å². The Morgan fingerprint density at radius 3 is 2.79 bits per heavy atom. The number of ether oxygens (including phenoxy) is 1. The molecule has 7 nitrogen and oxygen atoms in total. The van der Waals surface area contributed by atoms with Crippen LogP contribution in [0.3, 0.4) is 0 Å². The number of carbonyl (C=O) groups is 1. The molecule has 2 atom stereocenters. The van der Waals surface area contributed by atoms with Crippen molar-refractivity contribution in [1.82, 2.24) is 20.1 Å². The molecule has 1 aromatic carbocycles. The van der Waals surface area contributed by atoms with E-state index in [-0.39, 0.29) is 18.1 Å². The van der Waals surface area contributed by atoms with Gasteiger partial charge < -0.3 is 24.3 Å². The molecule has 2 aromatic heterocycles. The van der Waals surface area contributed by atoms with Gasteiger partial charge in [0.05, 0.1) is 24.4 Å². The number of thiocarbonyl (C=S) groups is 1. The number of benzene rings is 1. The van der Waals surface area contributed by atoms with E-state index in [2.05, 4.69) is 34.2 Å². The largest absolute Gasteiger partial charge is 0.465 e. The molecule has 8 heteroatoms. The molecule has 0 bridgehead atoms. The lowest BCUT2D eigenvalue weighted by molar-refractivity contribution is 0.0601. The Morgan fingerprint density at radius 1 is 1.21 bits per heavy atom. The highest BCUT2D eigenvalue weighted by atomic mass is 32.1. The number of esters is 1. The zero-order chi connectivity index (χ0) is 23.4. The zero-order valence-electron chi connectivity index (χ0n) is 19.0. The van der Waals surface area contributed by atoms with Crippen molar-refractivity contribution < 1.29 is 13.9 Å². The number of hydrogen-bond donors (Lipinski definition) is 1. The summed E-state index contributed by atoms with van der Waals surface area (Å²) in [6.07, 6.45) is 2.76. The van der Waals surface area contributed by atoms with E-state index in [1.807, 2.05) is 42.5 Å². The second-order valence-electron chi connectivity index (χ2n) is 8.25. The van der Waals surface area contributed by atoms with Crippen molar-refractivity contribution in [2.24, 2.45) is 0 Å². The van der Waals surface area contributed by atoms with E-state index >= 15 is 0 Å². The van der Waals surface area contributed by atoms with Crippen LogP contribution in [0.1, 0.15) is 40.3 Å². The molecule has 4 rings (SSSR count). The number of furan rings is 1. The summed E-state index contributed by atoms with van der Waals surface area (Å²) in [5.74, 6) is 1.10. The Bertz CT molecular complexity index is 1120. The van der Waals surface area contributed by atoms with Gasteiger partial charge in [0.2, 0.25) is 0 Å². The van der Waals surface area contributed by atoms with E-state index in [0.717, 1.165) is 36.5 Å². The second-order valence-corrected chi connectivity index (χ2v) is 8.64. The standard InChI is InChI=1S/C25H28N4O3S/c1-28(2)14-7-15-29-23(22(27-25(29)33)19-10-4-5-13-26-19)21-12-11-20(32-21)17-8-6-9-18(16-17)24(30)31-3/h4-6,8-13,16,22-23H,7,14-15H2,1-3H3,(H,27,33). The molecular weight excluding hydrogens is 436 g/mol. The summed E-state index contributed by atoms with van der Waals surface area (Å²) in [5.41, 5.74) is 2.20. The number of pyridine rings is 1. The van der Waals surface area contributed by atoms with Crippen molar-refractivity contribution >= 4 is 23.3 Å². The Kier molecular flexibility index (Phi) is 7.05. The molecule has 0 amide bonds. The molecule has 3 heterocycles. The lowest BCUT2D eigenvalue weighted by Crippen LogP contribution is -2.32. The van der Waals surface area contributed by atoms with Crippen LogP contribution in [0.2, 0.25) is 0 Å². The first-order chi connectivity index (χ1) is 16.0. The molecular formula is C25H28N4O3S. The summed E-state index contributed by atoms with van der Waals surface area (Å²) in [6.45, 7) is 1.76. The molecule has 3 aromatic rings. The van der Waals surface area contributed by atoms with Gasteiger partial charge in [0.15, 0.2) is 5.11 Å². The third-order valence-corrected chi connectivity index (χ3v) is 6.04. The lowest BCUT2D eigenvalue weighted by atomic mass is 10.0. The number of methoxy groups -OCH3 is 1. The summed E-state index contributed by atoms with van der Waals surface area (Å²) in [5, 5.41) is 4.14. The predicted molar refractivity (Wildman–Crippen MR) is 131 cm³/mol. The fraction of sp³-hybridized carbons (Fsp3) is 0.320. The molecule has 33 heavy (non-hydrogen) atoms. The van der Waals surface area contributed by atoms with E-state index in [0.29, 0.717) is 16.4 Å². The van der Waals surface area contributed by atoms with E-state index in [4.69, 9.17) is 21.4 Å². The van der Waals surface area contributed by atoms with Gasteiger partial charge in [-0.2, -0.15) is 0 Å². The van der Waals surface area contributed by atoms with Crippen molar-refractivity contribution in [3.05, 3.63) is 77.8 Å². The minimum Gasteiger partial charge on any atom is -0.465 e. The smallest absolute Gasteiger partial charge is 0.337 e. The second kappa shape index (κ2) is 10.1. The quantitative estimate of drug-likeness (QED) is 0.396. The molecule has 0 spiro atoms. The van der Waals surface area contributed by atoms with Crippen molar-refractivity contribution in [3.8, 4) is 11.3 Å². The van der Waals surface area contributed by atoms with Gasteiger partial charge in [-0.05, 0) is 75.7 Å². The first-order valence-electron chi connectivity index (χ1n) is 10.9. The van der Waals surface area contributed by atoms with Crippen LogP contribution in [-0.4, -0.2) is 60.2 Å². The lowest BCUT2D eigenvalue weighted by Gasteiger charge is -2.26. The normalized spacial score (nSPS) is 17.9. The number of nitrogens with zero attached hydrogens (tertiary/aromatic N) is 3. The maximum atomic E-state index is 11.9. The summed E-state index contributed by atoms with van der Waals surface area (Å²) >= 11 is 5.71. The van der Waals surface area contributed by atoms with Crippen LogP contribution in [0.5, 0.6) is 0 Å². The fourth-order valence-corrected chi connectivity index (χ4v) is 4.43. The zero-order valence-corrected chi connectivity index (χ0v) is 19.8. The highest BCUT2D eigenvalue weighted by molar-refractivity contribution is 7.80. The number of aromatic nitrogens is 1. The van der Waals surface area contributed by atoms with Crippen LogP contribution < -0.4 is 5.32 Å². The first-order valence-corrected chi connectivity index (χ1v) is 11.3.